The predicted molar refractivity (Wildman–Crippen MR) is 103 cm³/mol. The second-order valence-electron chi connectivity index (χ2n) is 6.91. The van der Waals surface area contributed by atoms with Crippen molar-refractivity contribution in [3.8, 4) is 0 Å². The van der Waals surface area contributed by atoms with Crippen molar-refractivity contribution in [1.29, 1.82) is 0 Å². The summed E-state index contributed by atoms with van der Waals surface area (Å²) in [5, 5.41) is 3.13. The molecular formula is C21H27N3O. The van der Waals surface area contributed by atoms with Crippen LogP contribution in [0.4, 0.5) is 5.69 Å². The van der Waals surface area contributed by atoms with E-state index >= 15 is 0 Å². The number of nitrogens with one attached hydrogen (secondary N) is 1. The van der Waals surface area contributed by atoms with E-state index in [-0.39, 0.29) is 11.9 Å². The minimum atomic E-state index is -0.489. The maximum absolute atomic E-state index is 12.4. The number of carbonyl (C=O) groups is 1. The third-order valence-electron chi connectivity index (χ3n) is 4.84. The van der Waals surface area contributed by atoms with Crippen LogP contribution in [-0.2, 0) is 11.2 Å². The topological polar surface area (TPSA) is 58.4 Å². The smallest absolute Gasteiger partial charge is 0.237 e. The number of nitrogens with two attached hydrogens (primary N) is 1. The Morgan fingerprint density at radius 3 is 2.56 bits per heavy atom. The number of anilines is 1. The lowest BCUT2D eigenvalue weighted by atomic mass is 10.0. The fraction of sp³-hybridized carbons (Fsp3) is 0.381. The molecule has 25 heavy (non-hydrogen) atoms. The standard InChI is InChI=1S/C21H27N3O/c1-16-6-5-9-19(14-16)24-12-10-18(11-13-24)23-21(25)20(22)15-17-7-3-2-4-8-17/h2-9,14,18,20H,10-13,15,22H2,1H3,(H,23,25)/t20-/m1/s1. The van der Waals surface area contributed by atoms with E-state index < -0.39 is 6.04 Å². The zero-order valence-electron chi connectivity index (χ0n) is 14.8. The van der Waals surface area contributed by atoms with E-state index in [0.29, 0.717) is 6.42 Å². The van der Waals surface area contributed by atoms with Crippen molar-refractivity contribution in [1.82, 2.24) is 5.32 Å². The third-order valence-corrected chi connectivity index (χ3v) is 4.84. The van der Waals surface area contributed by atoms with Gasteiger partial charge in [0.1, 0.15) is 0 Å². The molecule has 2 aromatic rings. The van der Waals surface area contributed by atoms with Gasteiger partial charge in [0.15, 0.2) is 0 Å². The van der Waals surface area contributed by atoms with Gasteiger partial charge in [0.05, 0.1) is 6.04 Å². The van der Waals surface area contributed by atoms with Crippen LogP contribution in [0.15, 0.2) is 54.6 Å². The molecule has 1 amide bonds. The molecule has 0 aliphatic carbocycles. The molecule has 2 aromatic carbocycles. The number of hydrogen-bond acceptors (Lipinski definition) is 3. The average molecular weight is 337 g/mol. The van der Waals surface area contributed by atoms with Gasteiger partial charge in [-0.05, 0) is 49.4 Å². The first-order valence-electron chi connectivity index (χ1n) is 9.03. The number of benzene rings is 2. The van der Waals surface area contributed by atoms with Gasteiger partial charge in [0.2, 0.25) is 5.91 Å². The first-order valence-corrected chi connectivity index (χ1v) is 9.03. The van der Waals surface area contributed by atoms with Gasteiger partial charge < -0.3 is 16.0 Å². The molecule has 3 rings (SSSR count). The van der Waals surface area contributed by atoms with E-state index in [4.69, 9.17) is 5.73 Å². The first-order chi connectivity index (χ1) is 12.1. The summed E-state index contributed by atoms with van der Waals surface area (Å²) in [4.78, 5) is 14.8. The van der Waals surface area contributed by atoms with Crippen LogP contribution in [-0.4, -0.2) is 31.1 Å². The Morgan fingerprint density at radius 2 is 1.88 bits per heavy atom. The fourth-order valence-corrected chi connectivity index (χ4v) is 3.38. The highest BCUT2D eigenvalue weighted by atomic mass is 16.2. The van der Waals surface area contributed by atoms with Gasteiger partial charge in [-0.1, -0.05) is 42.5 Å². The van der Waals surface area contributed by atoms with Gasteiger partial charge in [0.25, 0.3) is 0 Å². The summed E-state index contributed by atoms with van der Waals surface area (Å²) in [7, 11) is 0. The molecule has 1 atom stereocenters. The molecule has 4 heteroatoms. The van der Waals surface area contributed by atoms with Crippen molar-refractivity contribution in [3.63, 3.8) is 0 Å². The number of hydrogen-bond donors (Lipinski definition) is 2. The number of aryl methyl sites for hydroxylation is 1. The number of nitrogens with zero attached hydrogens (tertiary/aromatic N) is 1. The predicted octanol–water partition coefficient (Wildman–Crippen LogP) is 2.65. The van der Waals surface area contributed by atoms with Gasteiger partial charge >= 0.3 is 0 Å². The number of rotatable bonds is 5. The summed E-state index contributed by atoms with van der Waals surface area (Å²) in [5.74, 6) is -0.0436. The van der Waals surface area contributed by atoms with Gasteiger partial charge in [-0.3, -0.25) is 4.79 Å². The maximum Gasteiger partial charge on any atom is 0.237 e. The molecule has 1 aliphatic rings. The Labute approximate surface area is 150 Å². The Bertz CT molecular complexity index is 693. The number of carbonyl (C=O) groups excluding carboxylic acids is 1. The normalized spacial score (nSPS) is 16.5. The summed E-state index contributed by atoms with van der Waals surface area (Å²) < 4.78 is 0. The lowest BCUT2D eigenvalue weighted by molar-refractivity contribution is -0.123. The van der Waals surface area contributed by atoms with E-state index in [2.05, 4.69) is 41.4 Å². The highest BCUT2D eigenvalue weighted by Crippen LogP contribution is 2.21. The SMILES string of the molecule is Cc1cccc(N2CCC(NC(=O)[C@H](N)Cc3ccccc3)CC2)c1. The molecule has 4 nitrogen and oxygen atoms in total. The second-order valence-corrected chi connectivity index (χ2v) is 6.91. The average Bonchev–Trinajstić information content (AvgIpc) is 2.63. The Morgan fingerprint density at radius 1 is 1.16 bits per heavy atom. The molecule has 0 spiro atoms. The Kier molecular flexibility index (Phi) is 5.71. The molecule has 0 bridgehead atoms. The highest BCUT2D eigenvalue weighted by Gasteiger charge is 2.23. The molecule has 1 aliphatic heterocycles. The van der Waals surface area contributed by atoms with Gasteiger partial charge in [0, 0.05) is 24.8 Å². The van der Waals surface area contributed by atoms with Crippen molar-refractivity contribution in [2.45, 2.75) is 38.3 Å². The van der Waals surface area contributed by atoms with Gasteiger partial charge in [-0.25, -0.2) is 0 Å². The molecule has 1 heterocycles. The molecule has 0 aromatic heterocycles. The van der Waals surface area contributed by atoms with Crippen LogP contribution >= 0.6 is 0 Å². The van der Waals surface area contributed by atoms with Crippen molar-refractivity contribution in [2.24, 2.45) is 5.73 Å². The minimum Gasteiger partial charge on any atom is -0.371 e. The molecule has 132 valence electrons. The van der Waals surface area contributed by atoms with E-state index in [0.717, 1.165) is 31.5 Å². The van der Waals surface area contributed by atoms with E-state index in [9.17, 15) is 4.79 Å². The summed E-state index contributed by atoms with van der Waals surface area (Å²) in [6.45, 7) is 4.04. The second kappa shape index (κ2) is 8.17. The van der Waals surface area contributed by atoms with Crippen LogP contribution in [0.5, 0.6) is 0 Å². The van der Waals surface area contributed by atoms with Crippen LogP contribution in [0, 0.1) is 6.92 Å². The zero-order valence-corrected chi connectivity index (χ0v) is 14.8. The monoisotopic (exact) mass is 337 g/mol. The number of piperidine rings is 1. The van der Waals surface area contributed by atoms with Crippen LogP contribution in [0.3, 0.4) is 0 Å². The number of amides is 1. The molecule has 3 N–H and O–H groups in total. The molecular weight excluding hydrogens is 310 g/mol. The highest BCUT2D eigenvalue weighted by molar-refractivity contribution is 5.82. The largest absolute Gasteiger partial charge is 0.371 e. The lowest BCUT2D eigenvalue weighted by Gasteiger charge is -2.34. The van der Waals surface area contributed by atoms with E-state index in [1.54, 1.807) is 0 Å². The van der Waals surface area contributed by atoms with Crippen LogP contribution in [0.1, 0.15) is 24.0 Å². The lowest BCUT2D eigenvalue weighted by Crippen LogP contribution is -2.50. The molecule has 0 radical (unpaired) electrons. The minimum absolute atomic E-state index is 0.0436. The summed E-state index contributed by atoms with van der Waals surface area (Å²) in [6, 6.07) is 18.2. The molecule has 0 saturated carbocycles. The molecule has 0 unspecified atom stereocenters. The third kappa shape index (κ3) is 4.83. The van der Waals surface area contributed by atoms with E-state index in [1.165, 1.54) is 11.3 Å². The van der Waals surface area contributed by atoms with Crippen molar-refractivity contribution in [3.05, 3.63) is 65.7 Å². The van der Waals surface area contributed by atoms with Crippen molar-refractivity contribution in [2.75, 3.05) is 18.0 Å². The van der Waals surface area contributed by atoms with Crippen LogP contribution in [0.2, 0.25) is 0 Å². The van der Waals surface area contributed by atoms with Crippen molar-refractivity contribution >= 4 is 11.6 Å². The molecule has 1 fully saturated rings. The maximum atomic E-state index is 12.4. The van der Waals surface area contributed by atoms with Gasteiger partial charge in [-0.15, -0.1) is 0 Å². The fourth-order valence-electron chi connectivity index (χ4n) is 3.38. The van der Waals surface area contributed by atoms with E-state index in [1.807, 2.05) is 30.3 Å². The first kappa shape index (κ1) is 17.5. The Balaban J connectivity index is 1.47. The molecule has 1 saturated heterocycles. The Hall–Kier alpha value is -2.33. The summed E-state index contributed by atoms with van der Waals surface area (Å²) in [5.41, 5.74) is 9.72. The van der Waals surface area contributed by atoms with Gasteiger partial charge in [-0.2, -0.15) is 0 Å². The summed E-state index contributed by atoms with van der Waals surface area (Å²) in [6.07, 6.45) is 2.49. The zero-order chi connectivity index (χ0) is 17.6. The van der Waals surface area contributed by atoms with Crippen molar-refractivity contribution < 1.29 is 4.79 Å². The van der Waals surface area contributed by atoms with Crippen LogP contribution < -0.4 is 16.0 Å². The summed E-state index contributed by atoms with van der Waals surface area (Å²) >= 11 is 0. The quantitative estimate of drug-likeness (QED) is 0.882. The van der Waals surface area contributed by atoms with Crippen LogP contribution in [0.25, 0.3) is 0 Å².